The Labute approximate surface area is 198 Å². The highest BCUT2D eigenvalue weighted by atomic mass is 32.2. The molecule has 34 heavy (non-hydrogen) atoms. The molecular weight excluding hydrogens is 458 g/mol. The molecule has 1 N–H and O–H groups in total. The monoisotopic (exact) mass is 483 g/mol. The molecule has 0 aliphatic carbocycles. The summed E-state index contributed by atoms with van der Waals surface area (Å²) in [7, 11) is -2.62. The zero-order valence-electron chi connectivity index (χ0n) is 18.7. The number of amides is 1. The molecule has 0 fully saturated rings. The number of nitro benzene ring substituents is 1. The van der Waals surface area contributed by atoms with Crippen LogP contribution in [0.3, 0.4) is 0 Å². The standard InChI is InChI=1S/C24H25N3O6S/c1-3-23(18-12-14-21(33-2)15-13-18)25-24(28)17-26(19-8-7-9-20(16-19)27(29)30)34(31,32)22-10-5-4-6-11-22/h4-16,23H,3,17H2,1-2H3,(H,25,28)/t23-/m1/s1. The topological polar surface area (TPSA) is 119 Å². The van der Waals surface area contributed by atoms with Gasteiger partial charge < -0.3 is 10.1 Å². The summed E-state index contributed by atoms with van der Waals surface area (Å²) in [6, 6.07) is 19.7. The van der Waals surface area contributed by atoms with Gasteiger partial charge in [-0.2, -0.15) is 0 Å². The lowest BCUT2D eigenvalue weighted by molar-refractivity contribution is -0.384. The maximum Gasteiger partial charge on any atom is 0.271 e. The number of nitrogens with zero attached hydrogens (tertiary/aromatic N) is 2. The van der Waals surface area contributed by atoms with Crippen LogP contribution in [0.5, 0.6) is 5.75 Å². The third-order valence-corrected chi connectivity index (χ3v) is 7.00. The van der Waals surface area contributed by atoms with Crippen molar-refractivity contribution in [1.29, 1.82) is 0 Å². The van der Waals surface area contributed by atoms with Crippen LogP contribution >= 0.6 is 0 Å². The van der Waals surface area contributed by atoms with Crippen molar-refractivity contribution < 1.29 is 22.9 Å². The Balaban J connectivity index is 1.92. The van der Waals surface area contributed by atoms with E-state index in [-0.39, 0.29) is 22.3 Å². The number of carbonyl (C=O) groups is 1. The first-order chi connectivity index (χ1) is 16.3. The first kappa shape index (κ1) is 24.7. The van der Waals surface area contributed by atoms with Crippen LogP contribution in [0.1, 0.15) is 24.9 Å². The average Bonchev–Trinajstić information content (AvgIpc) is 2.86. The molecule has 0 spiro atoms. The molecule has 0 saturated carbocycles. The molecule has 0 aliphatic rings. The highest BCUT2D eigenvalue weighted by molar-refractivity contribution is 7.92. The van der Waals surface area contributed by atoms with E-state index >= 15 is 0 Å². The van der Waals surface area contributed by atoms with Gasteiger partial charge in [0.15, 0.2) is 0 Å². The van der Waals surface area contributed by atoms with Gasteiger partial charge >= 0.3 is 0 Å². The van der Waals surface area contributed by atoms with Gasteiger partial charge in [0.25, 0.3) is 15.7 Å². The van der Waals surface area contributed by atoms with Gasteiger partial charge in [-0.1, -0.05) is 43.3 Å². The van der Waals surface area contributed by atoms with Crippen LogP contribution in [0, 0.1) is 10.1 Å². The molecule has 0 aliphatic heterocycles. The highest BCUT2D eigenvalue weighted by Crippen LogP contribution is 2.27. The maximum atomic E-state index is 13.4. The third-order valence-electron chi connectivity index (χ3n) is 5.21. The number of ether oxygens (including phenoxy) is 1. The van der Waals surface area contributed by atoms with E-state index in [1.54, 1.807) is 37.4 Å². The van der Waals surface area contributed by atoms with E-state index in [0.29, 0.717) is 12.2 Å². The highest BCUT2D eigenvalue weighted by Gasteiger charge is 2.29. The molecule has 0 aromatic heterocycles. The quantitative estimate of drug-likeness (QED) is 0.343. The zero-order chi connectivity index (χ0) is 24.7. The lowest BCUT2D eigenvalue weighted by Crippen LogP contribution is -2.42. The maximum absolute atomic E-state index is 13.4. The number of carbonyl (C=O) groups excluding carboxylic acids is 1. The van der Waals surface area contributed by atoms with Crippen molar-refractivity contribution in [2.45, 2.75) is 24.3 Å². The number of rotatable bonds is 10. The van der Waals surface area contributed by atoms with Gasteiger partial charge in [0, 0.05) is 12.1 Å². The number of non-ortho nitro benzene ring substituents is 1. The molecule has 0 saturated heterocycles. The lowest BCUT2D eigenvalue weighted by atomic mass is 10.0. The van der Waals surface area contributed by atoms with Crippen LogP contribution in [0.4, 0.5) is 11.4 Å². The first-order valence-electron chi connectivity index (χ1n) is 10.5. The van der Waals surface area contributed by atoms with Crippen molar-refractivity contribution in [2.24, 2.45) is 0 Å². The first-order valence-corrected chi connectivity index (χ1v) is 12.0. The van der Waals surface area contributed by atoms with Crippen molar-refractivity contribution in [1.82, 2.24) is 5.32 Å². The molecular formula is C24H25N3O6S. The number of anilines is 1. The van der Waals surface area contributed by atoms with E-state index in [0.717, 1.165) is 15.9 Å². The molecule has 3 aromatic rings. The number of sulfonamides is 1. The second-order valence-electron chi connectivity index (χ2n) is 7.40. The molecule has 3 aromatic carbocycles. The average molecular weight is 484 g/mol. The Morgan fingerprint density at radius 2 is 1.74 bits per heavy atom. The Bertz CT molecular complexity index is 1250. The molecule has 178 valence electrons. The Kier molecular flexibility index (Phi) is 7.85. The molecule has 0 heterocycles. The molecule has 0 unspecified atom stereocenters. The summed E-state index contributed by atoms with van der Waals surface area (Å²) in [5.74, 6) is 0.129. The molecule has 10 heteroatoms. The predicted molar refractivity (Wildman–Crippen MR) is 128 cm³/mol. The summed E-state index contributed by atoms with van der Waals surface area (Å²) in [4.78, 5) is 23.6. The van der Waals surface area contributed by atoms with Crippen LogP contribution in [0.2, 0.25) is 0 Å². The zero-order valence-corrected chi connectivity index (χ0v) is 19.6. The third kappa shape index (κ3) is 5.70. The lowest BCUT2D eigenvalue weighted by Gasteiger charge is -2.25. The Hall–Kier alpha value is -3.92. The van der Waals surface area contributed by atoms with E-state index in [2.05, 4.69) is 5.32 Å². The minimum absolute atomic E-state index is 0.0192. The molecule has 0 bridgehead atoms. The van der Waals surface area contributed by atoms with Crippen molar-refractivity contribution in [3.8, 4) is 5.75 Å². The van der Waals surface area contributed by atoms with E-state index in [4.69, 9.17) is 4.74 Å². The van der Waals surface area contributed by atoms with Crippen LogP contribution in [0.25, 0.3) is 0 Å². The van der Waals surface area contributed by atoms with E-state index < -0.39 is 27.4 Å². The molecule has 1 atom stereocenters. The minimum Gasteiger partial charge on any atom is -0.497 e. The fourth-order valence-corrected chi connectivity index (χ4v) is 4.86. The summed E-state index contributed by atoms with van der Waals surface area (Å²) < 4.78 is 32.9. The number of hydrogen-bond donors (Lipinski definition) is 1. The van der Waals surface area contributed by atoms with Crippen LogP contribution < -0.4 is 14.4 Å². The summed E-state index contributed by atoms with van der Waals surface area (Å²) in [6.07, 6.45) is 0.570. The molecule has 1 amide bonds. The van der Waals surface area contributed by atoms with E-state index in [9.17, 15) is 23.3 Å². The number of nitro groups is 1. The van der Waals surface area contributed by atoms with Crippen molar-refractivity contribution in [3.63, 3.8) is 0 Å². The molecule has 0 radical (unpaired) electrons. The molecule has 3 rings (SSSR count). The van der Waals surface area contributed by atoms with Gasteiger partial charge in [0.1, 0.15) is 12.3 Å². The van der Waals surface area contributed by atoms with E-state index in [1.807, 2.05) is 19.1 Å². The van der Waals surface area contributed by atoms with Gasteiger partial charge in [0.2, 0.25) is 5.91 Å². The van der Waals surface area contributed by atoms with E-state index in [1.165, 1.54) is 30.3 Å². The van der Waals surface area contributed by atoms with Crippen molar-refractivity contribution >= 4 is 27.3 Å². The number of hydrogen-bond acceptors (Lipinski definition) is 6. The minimum atomic E-state index is -4.17. The van der Waals surface area contributed by atoms with Crippen LogP contribution in [-0.4, -0.2) is 32.9 Å². The normalized spacial score (nSPS) is 11.9. The fraction of sp³-hybridized carbons (Fsp3) is 0.208. The predicted octanol–water partition coefficient (Wildman–Crippen LogP) is 4.07. The number of nitrogens with one attached hydrogen (secondary N) is 1. The van der Waals surface area contributed by atoms with Gasteiger partial charge in [-0.25, -0.2) is 8.42 Å². The van der Waals surface area contributed by atoms with Gasteiger partial charge in [-0.05, 0) is 42.3 Å². The van der Waals surface area contributed by atoms with Gasteiger partial charge in [-0.3, -0.25) is 19.2 Å². The Morgan fingerprint density at radius 3 is 2.32 bits per heavy atom. The fourth-order valence-electron chi connectivity index (χ4n) is 3.42. The van der Waals surface area contributed by atoms with Gasteiger partial charge in [0.05, 0.1) is 28.7 Å². The smallest absolute Gasteiger partial charge is 0.271 e. The van der Waals surface area contributed by atoms with Crippen molar-refractivity contribution in [2.75, 3.05) is 18.0 Å². The van der Waals surface area contributed by atoms with Gasteiger partial charge in [-0.15, -0.1) is 0 Å². The summed E-state index contributed by atoms with van der Waals surface area (Å²) in [5.41, 5.74) is 0.575. The summed E-state index contributed by atoms with van der Waals surface area (Å²) in [5, 5.41) is 14.1. The SMILES string of the molecule is CC[C@@H](NC(=O)CN(c1cccc([N+](=O)[O-])c1)S(=O)(=O)c1ccccc1)c1ccc(OC)cc1. The largest absolute Gasteiger partial charge is 0.497 e. The van der Waals surface area contributed by atoms with Crippen LogP contribution in [0.15, 0.2) is 83.8 Å². The van der Waals surface area contributed by atoms with Crippen LogP contribution in [-0.2, 0) is 14.8 Å². The second-order valence-corrected chi connectivity index (χ2v) is 9.27. The molecule has 9 nitrogen and oxygen atoms in total. The number of benzene rings is 3. The number of methoxy groups -OCH3 is 1. The Morgan fingerprint density at radius 1 is 1.06 bits per heavy atom. The summed E-state index contributed by atoms with van der Waals surface area (Å²) >= 11 is 0. The van der Waals surface area contributed by atoms with Crippen molar-refractivity contribution in [3.05, 3.63) is 94.5 Å². The summed E-state index contributed by atoms with van der Waals surface area (Å²) in [6.45, 7) is 1.35. The second kappa shape index (κ2) is 10.8.